The Hall–Kier alpha value is -3.25. The molecule has 33 heavy (non-hydrogen) atoms. The molecule has 1 atom stereocenters. The summed E-state index contributed by atoms with van der Waals surface area (Å²) < 4.78 is 25.5. The number of aromatic hydroxyl groups is 1. The van der Waals surface area contributed by atoms with Crippen LogP contribution in [0.5, 0.6) is 5.75 Å². The molecule has 0 saturated heterocycles. The Morgan fingerprint density at radius 2 is 1.82 bits per heavy atom. The number of para-hydroxylation sites is 1. The maximum Gasteiger partial charge on any atom is 0.253 e. The van der Waals surface area contributed by atoms with E-state index in [1.807, 2.05) is 6.92 Å². The first-order valence-electron chi connectivity index (χ1n) is 9.96. The maximum atomic E-state index is 12.8. The van der Waals surface area contributed by atoms with Crippen molar-refractivity contribution in [1.82, 2.24) is 20.7 Å². The summed E-state index contributed by atoms with van der Waals surface area (Å²) in [5.74, 6) is -0.175. The minimum atomic E-state index is -3.83. The van der Waals surface area contributed by atoms with Crippen LogP contribution in [0.4, 0.5) is 5.13 Å². The number of hydrogen-bond acceptors (Lipinski definition) is 8. The number of hydrogen-bond donors (Lipinski definition) is 5. The first-order valence-corrected chi connectivity index (χ1v) is 12.3. The van der Waals surface area contributed by atoms with Gasteiger partial charge in [0.2, 0.25) is 11.0 Å². The number of sulfonamides is 1. The number of benzene rings is 2. The Labute approximate surface area is 196 Å². The number of rotatable bonds is 9. The summed E-state index contributed by atoms with van der Waals surface area (Å²) in [6.07, 6.45) is 3.41. The number of phenols is 1. The first kappa shape index (κ1) is 24.4. The lowest BCUT2D eigenvalue weighted by molar-refractivity contribution is -0.118. The highest BCUT2D eigenvalue weighted by Gasteiger charge is 2.20. The maximum absolute atomic E-state index is 12.8. The molecule has 174 valence electrons. The molecule has 3 aromatic rings. The first-order chi connectivity index (χ1) is 15.7. The minimum Gasteiger partial charge on any atom is -0.507 e. The second kappa shape index (κ2) is 10.6. The van der Waals surface area contributed by atoms with Crippen molar-refractivity contribution < 1.29 is 18.3 Å². The molecule has 2 aromatic carbocycles. The number of aryl methyl sites for hydroxylation is 2. The Bertz CT molecular complexity index is 1250. The van der Waals surface area contributed by atoms with Crippen molar-refractivity contribution in [3.05, 3.63) is 76.3 Å². The number of nitrogens with one attached hydrogen (secondary N) is 4. The lowest BCUT2D eigenvalue weighted by Crippen LogP contribution is -2.39. The lowest BCUT2D eigenvalue weighted by atomic mass is 10.1. The van der Waals surface area contributed by atoms with E-state index >= 15 is 0 Å². The fraction of sp³-hybridized carbons (Fsp3) is 0.182. The number of carbonyl (C=O) groups excluding carboxylic acids is 1. The molecule has 1 amide bonds. The molecule has 0 spiro atoms. The van der Waals surface area contributed by atoms with Crippen LogP contribution in [-0.2, 0) is 14.8 Å². The van der Waals surface area contributed by atoms with Crippen LogP contribution >= 0.6 is 11.3 Å². The molecule has 0 saturated carbocycles. The number of thiazole rings is 1. The summed E-state index contributed by atoms with van der Waals surface area (Å²) in [6.45, 7) is 5.02. The molecule has 0 unspecified atom stereocenters. The van der Waals surface area contributed by atoms with Gasteiger partial charge in [-0.3, -0.25) is 15.6 Å². The van der Waals surface area contributed by atoms with E-state index < -0.39 is 16.1 Å². The molecule has 5 N–H and O–H groups in total. The highest BCUT2D eigenvalue weighted by molar-refractivity contribution is 7.89. The fourth-order valence-electron chi connectivity index (χ4n) is 2.84. The van der Waals surface area contributed by atoms with Crippen LogP contribution in [-0.4, -0.2) is 24.4 Å². The van der Waals surface area contributed by atoms with Gasteiger partial charge < -0.3 is 5.11 Å². The van der Waals surface area contributed by atoms with Gasteiger partial charge in [0.25, 0.3) is 10.0 Å². The van der Waals surface area contributed by atoms with Crippen molar-refractivity contribution in [3.63, 3.8) is 0 Å². The van der Waals surface area contributed by atoms with E-state index in [0.29, 0.717) is 21.3 Å². The van der Waals surface area contributed by atoms with Gasteiger partial charge >= 0.3 is 0 Å². The number of hydrazine groups is 2. The number of aromatic nitrogens is 1. The molecular formula is C22H25N5O4S2. The number of amides is 1. The third kappa shape index (κ3) is 6.62. The molecule has 0 fully saturated rings. The van der Waals surface area contributed by atoms with Gasteiger partial charge in [-0.1, -0.05) is 59.4 Å². The predicted octanol–water partition coefficient (Wildman–Crippen LogP) is 3.17. The summed E-state index contributed by atoms with van der Waals surface area (Å²) >= 11 is 1.25. The molecule has 1 aromatic heterocycles. The summed E-state index contributed by atoms with van der Waals surface area (Å²) in [5, 5.41) is 10.5. The summed E-state index contributed by atoms with van der Waals surface area (Å²) in [7, 11) is -3.83. The number of anilines is 1. The monoisotopic (exact) mass is 487 g/mol. The molecular weight excluding hydrogens is 462 g/mol. The highest BCUT2D eigenvalue weighted by Crippen LogP contribution is 2.30. The van der Waals surface area contributed by atoms with Crippen molar-refractivity contribution in [2.75, 3.05) is 5.43 Å². The van der Waals surface area contributed by atoms with Crippen LogP contribution in [0, 0.1) is 13.8 Å². The van der Waals surface area contributed by atoms with Crippen LogP contribution in [0.25, 0.3) is 6.08 Å². The Kier molecular flexibility index (Phi) is 7.82. The Balaban J connectivity index is 1.88. The quantitative estimate of drug-likeness (QED) is 0.293. The van der Waals surface area contributed by atoms with Crippen molar-refractivity contribution in [1.29, 1.82) is 0 Å². The van der Waals surface area contributed by atoms with Crippen LogP contribution in [0.15, 0.2) is 59.5 Å². The Morgan fingerprint density at radius 3 is 2.48 bits per heavy atom. The summed E-state index contributed by atoms with van der Waals surface area (Å²) in [6, 6.07) is 12.7. The van der Waals surface area contributed by atoms with E-state index in [-0.39, 0.29) is 16.6 Å². The van der Waals surface area contributed by atoms with Crippen molar-refractivity contribution in [3.8, 4) is 5.75 Å². The van der Waals surface area contributed by atoms with Crippen molar-refractivity contribution >= 4 is 38.5 Å². The third-order valence-electron chi connectivity index (χ3n) is 4.55. The molecule has 0 aliphatic rings. The average Bonchev–Trinajstić information content (AvgIpc) is 3.14. The van der Waals surface area contributed by atoms with Crippen LogP contribution in [0.2, 0.25) is 0 Å². The third-order valence-corrected chi connectivity index (χ3v) is 6.98. The van der Waals surface area contributed by atoms with Gasteiger partial charge in [0.15, 0.2) is 0 Å². The zero-order valence-corrected chi connectivity index (χ0v) is 19.9. The summed E-state index contributed by atoms with van der Waals surface area (Å²) in [5.41, 5.74) is 10.2. The van der Waals surface area contributed by atoms with Gasteiger partial charge in [-0.15, -0.1) is 4.83 Å². The van der Waals surface area contributed by atoms with Crippen LogP contribution in [0.3, 0.4) is 0 Å². The lowest BCUT2D eigenvalue weighted by Gasteiger charge is -2.16. The van der Waals surface area contributed by atoms with Gasteiger partial charge in [0, 0.05) is 12.5 Å². The van der Waals surface area contributed by atoms with Crippen LogP contribution in [0.1, 0.15) is 34.7 Å². The zero-order valence-electron chi connectivity index (χ0n) is 18.3. The largest absolute Gasteiger partial charge is 0.507 e. The van der Waals surface area contributed by atoms with E-state index in [2.05, 4.69) is 26.1 Å². The van der Waals surface area contributed by atoms with E-state index in [9.17, 15) is 18.3 Å². The van der Waals surface area contributed by atoms with Gasteiger partial charge in [-0.2, -0.15) is 0 Å². The van der Waals surface area contributed by atoms with Crippen molar-refractivity contribution in [2.45, 2.75) is 31.7 Å². The highest BCUT2D eigenvalue weighted by atomic mass is 32.2. The molecule has 3 rings (SSSR count). The SMILES string of the molecule is CC(=O)NNc1nc(C)c([C@H](/C=C/c2ccccc2O)NNS(=O)(=O)c2ccc(C)cc2)s1. The number of phenolic OH excluding ortho intramolecular Hbond substituents is 1. The van der Waals surface area contributed by atoms with E-state index in [4.69, 9.17) is 0 Å². The second-order valence-electron chi connectivity index (χ2n) is 7.23. The smallest absolute Gasteiger partial charge is 0.253 e. The molecule has 0 aliphatic heterocycles. The van der Waals surface area contributed by atoms with Gasteiger partial charge in [0.05, 0.1) is 21.5 Å². The van der Waals surface area contributed by atoms with Gasteiger partial charge in [-0.25, -0.2) is 18.8 Å². The number of nitrogens with zero attached hydrogens (tertiary/aromatic N) is 1. The second-order valence-corrected chi connectivity index (χ2v) is 9.95. The normalized spacial score (nSPS) is 12.6. The van der Waals surface area contributed by atoms with E-state index in [1.165, 1.54) is 30.4 Å². The molecule has 0 bridgehead atoms. The number of carbonyl (C=O) groups is 1. The molecule has 0 aliphatic carbocycles. The standard InChI is InChI=1S/C22H25N5O4S2/c1-14-8-11-18(12-9-14)33(30,31)27-25-19(13-10-17-6-4-5-7-20(17)29)21-15(2)23-22(32-21)26-24-16(3)28/h4-13,19,25,27,29H,1-3H3,(H,23,26)(H,24,28)/b13-10+/t19-/m0/s1. The fourth-order valence-corrected chi connectivity index (χ4v) is 4.68. The van der Waals surface area contributed by atoms with Gasteiger partial charge in [-0.05, 0) is 32.0 Å². The van der Waals surface area contributed by atoms with E-state index in [0.717, 1.165) is 5.56 Å². The molecule has 1 heterocycles. The van der Waals surface area contributed by atoms with Gasteiger partial charge in [0.1, 0.15) is 5.75 Å². The average molecular weight is 488 g/mol. The van der Waals surface area contributed by atoms with E-state index in [1.54, 1.807) is 55.5 Å². The Morgan fingerprint density at radius 1 is 1.12 bits per heavy atom. The molecule has 9 nitrogen and oxygen atoms in total. The summed E-state index contributed by atoms with van der Waals surface area (Å²) in [4.78, 5) is 18.8. The molecule has 11 heteroatoms. The zero-order chi connectivity index (χ0) is 24.0. The molecule has 0 radical (unpaired) electrons. The predicted molar refractivity (Wildman–Crippen MR) is 129 cm³/mol. The topological polar surface area (TPSA) is 132 Å². The minimum absolute atomic E-state index is 0.0989. The van der Waals surface area contributed by atoms with Crippen LogP contribution < -0.4 is 21.1 Å². The van der Waals surface area contributed by atoms with Crippen molar-refractivity contribution in [2.24, 2.45) is 0 Å².